The third kappa shape index (κ3) is 4.80. The number of hydrogen-bond donors (Lipinski definition) is 0. The number of aliphatic imine (C=N–C) groups is 1. The number of nitrogens with zero attached hydrogens (tertiary/aromatic N) is 1. The highest BCUT2D eigenvalue weighted by Gasteiger charge is 2.37. The van der Waals surface area contributed by atoms with Gasteiger partial charge in [0.25, 0.3) is 0 Å². The lowest BCUT2D eigenvalue weighted by Gasteiger charge is -2.30. The molecule has 0 aliphatic carbocycles. The Balaban J connectivity index is 1.81. The average Bonchev–Trinajstić information content (AvgIpc) is 2.92. The summed E-state index contributed by atoms with van der Waals surface area (Å²) < 4.78 is 32.8. The number of ether oxygens (including phenoxy) is 2. The number of fused-ring (bicyclic) bond motifs is 1. The van der Waals surface area contributed by atoms with Gasteiger partial charge in [0.2, 0.25) is 0 Å². The first-order valence-electron chi connectivity index (χ1n) is 7.18. The maximum Gasteiger partial charge on any atom is 0.330 e. The van der Waals surface area contributed by atoms with Crippen LogP contribution >= 0.6 is 19.4 Å². The van der Waals surface area contributed by atoms with E-state index in [0.717, 1.165) is 17.9 Å². The van der Waals surface area contributed by atoms with E-state index in [2.05, 4.69) is 4.99 Å². The lowest BCUT2D eigenvalue weighted by atomic mass is 10.1. The van der Waals surface area contributed by atoms with E-state index in [-0.39, 0.29) is 30.2 Å². The zero-order valence-electron chi connectivity index (χ0n) is 13.0. The van der Waals surface area contributed by atoms with Gasteiger partial charge >= 0.3 is 13.6 Å². The molecule has 1 saturated heterocycles. The Bertz CT molecular complexity index is 477. The fourth-order valence-electron chi connectivity index (χ4n) is 2.37. The molecular weight excluding hydrogens is 329 g/mol. The molecule has 0 spiro atoms. The molecule has 2 rings (SSSR count). The van der Waals surface area contributed by atoms with Gasteiger partial charge in [0.15, 0.2) is 0 Å². The predicted molar refractivity (Wildman–Crippen MR) is 84.5 cm³/mol. The maximum absolute atomic E-state index is 12.0. The summed E-state index contributed by atoms with van der Waals surface area (Å²) in [6.07, 6.45) is 2.51. The third-order valence-electron chi connectivity index (χ3n) is 3.62. The summed E-state index contributed by atoms with van der Waals surface area (Å²) in [6.45, 7) is 1.68. The number of rotatable bonds is 7. The number of esters is 1. The number of thioether (sulfide) groups is 1. The van der Waals surface area contributed by atoms with Crippen molar-refractivity contribution >= 4 is 30.4 Å². The minimum Gasteiger partial charge on any atom is -0.463 e. The fourth-order valence-corrected chi connectivity index (χ4v) is 4.77. The van der Waals surface area contributed by atoms with Gasteiger partial charge < -0.3 is 18.5 Å². The summed E-state index contributed by atoms with van der Waals surface area (Å²) in [5.41, 5.74) is -0.0474. The van der Waals surface area contributed by atoms with Crippen LogP contribution in [0.2, 0.25) is 0 Å². The maximum atomic E-state index is 12.0. The van der Waals surface area contributed by atoms with Crippen LogP contribution in [0.15, 0.2) is 4.99 Å². The highest BCUT2D eigenvalue weighted by Crippen LogP contribution is 2.48. The molecule has 0 aromatic carbocycles. The van der Waals surface area contributed by atoms with Crippen molar-refractivity contribution < 1.29 is 27.9 Å². The Kier molecular flexibility index (Phi) is 6.46. The topological polar surface area (TPSA) is 83.4 Å². The van der Waals surface area contributed by atoms with Crippen LogP contribution < -0.4 is 0 Å². The molecular formula is C13H22NO6PS. The molecule has 2 aliphatic rings. The largest absolute Gasteiger partial charge is 0.463 e. The minimum atomic E-state index is -3.00. The van der Waals surface area contributed by atoms with E-state index >= 15 is 0 Å². The van der Waals surface area contributed by atoms with Crippen LogP contribution in [0.3, 0.4) is 0 Å². The Hall–Kier alpha value is -0.400. The summed E-state index contributed by atoms with van der Waals surface area (Å²) in [5.74, 6) is -0.295. The summed E-state index contributed by atoms with van der Waals surface area (Å²) in [5, 5.41) is 0.914. The monoisotopic (exact) mass is 351 g/mol. The Labute approximate surface area is 134 Å². The van der Waals surface area contributed by atoms with Gasteiger partial charge in [0.05, 0.1) is 23.4 Å². The lowest BCUT2D eigenvalue weighted by Crippen LogP contribution is -2.36. The van der Waals surface area contributed by atoms with Gasteiger partial charge in [-0.25, -0.2) is 0 Å². The van der Waals surface area contributed by atoms with Crippen LogP contribution in [0, 0.1) is 0 Å². The molecule has 9 heteroatoms. The van der Waals surface area contributed by atoms with E-state index in [1.54, 1.807) is 11.8 Å². The molecule has 2 heterocycles. The second-order valence-electron chi connectivity index (χ2n) is 5.16. The third-order valence-corrected chi connectivity index (χ3v) is 6.74. The van der Waals surface area contributed by atoms with Gasteiger partial charge in [-0.2, -0.15) is 0 Å². The van der Waals surface area contributed by atoms with Gasteiger partial charge in [-0.3, -0.25) is 14.4 Å². The molecule has 22 heavy (non-hydrogen) atoms. The Morgan fingerprint density at radius 1 is 1.41 bits per heavy atom. The number of hydrogen-bond acceptors (Lipinski definition) is 8. The van der Waals surface area contributed by atoms with Crippen molar-refractivity contribution in [2.24, 2.45) is 4.99 Å². The molecule has 0 unspecified atom stereocenters. The fraction of sp³-hybridized carbons (Fsp3) is 0.846. The van der Waals surface area contributed by atoms with Crippen molar-refractivity contribution in [3.8, 4) is 0 Å². The normalized spacial score (nSPS) is 28.1. The van der Waals surface area contributed by atoms with Crippen LogP contribution in [0.1, 0.15) is 26.2 Å². The van der Waals surface area contributed by atoms with Crippen LogP contribution in [0.25, 0.3) is 0 Å². The molecule has 0 radical (unpaired) electrons. The smallest absolute Gasteiger partial charge is 0.330 e. The Morgan fingerprint density at radius 2 is 2.14 bits per heavy atom. The van der Waals surface area contributed by atoms with Crippen LogP contribution in [0.5, 0.6) is 0 Å². The van der Waals surface area contributed by atoms with Crippen LogP contribution in [-0.2, 0) is 27.9 Å². The molecule has 0 aromatic heterocycles. The van der Waals surface area contributed by atoms with Crippen LogP contribution in [0.4, 0.5) is 0 Å². The van der Waals surface area contributed by atoms with E-state index in [4.69, 9.17) is 18.5 Å². The number of carbonyl (C=O) groups excluding carboxylic acids is 1. The molecule has 0 bridgehead atoms. The summed E-state index contributed by atoms with van der Waals surface area (Å²) in [7, 11) is -0.230. The molecule has 0 N–H and O–H groups in total. The molecule has 0 saturated carbocycles. The first-order chi connectivity index (χ1) is 10.5. The molecule has 3 atom stereocenters. The SMILES string of the molecule is COP(=O)(CCC1=N[C@@H]2CC[C@H](COC(C)=O)O[C@@H]2S1)OC. The predicted octanol–water partition coefficient (Wildman–Crippen LogP) is 2.44. The highest BCUT2D eigenvalue weighted by atomic mass is 32.2. The summed E-state index contributed by atoms with van der Waals surface area (Å²) in [6, 6.07) is 0.123. The molecule has 126 valence electrons. The minimum absolute atomic E-state index is 0.0474. The Morgan fingerprint density at radius 3 is 2.77 bits per heavy atom. The highest BCUT2D eigenvalue weighted by molar-refractivity contribution is 8.14. The zero-order valence-corrected chi connectivity index (χ0v) is 14.7. The molecule has 2 aliphatic heterocycles. The standard InChI is InChI=1S/C13H22NO6PS/c1-9(15)19-8-10-4-5-11-13(20-10)22-12(14-11)6-7-21(16,17-2)18-3/h10-11,13H,4-8H2,1-3H3/t10-,11-,13-/m1/s1. The van der Waals surface area contributed by atoms with Crippen molar-refractivity contribution in [2.45, 2.75) is 43.8 Å². The second kappa shape index (κ2) is 7.93. The van der Waals surface area contributed by atoms with E-state index in [1.807, 2.05) is 0 Å². The van der Waals surface area contributed by atoms with E-state index in [1.165, 1.54) is 21.1 Å². The van der Waals surface area contributed by atoms with E-state index < -0.39 is 7.60 Å². The molecule has 1 fully saturated rings. The van der Waals surface area contributed by atoms with Crippen molar-refractivity contribution in [2.75, 3.05) is 27.0 Å². The van der Waals surface area contributed by atoms with Crippen molar-refractivity contribution in [3.63, 3.8) is 0 Å². The molecule has 0 aromatic rings. The zero-order chi connectivity index (χ0) is 16.2. The summed E-state index contributed by atoms with van der Waals surface area (Å²) >= 11 is 1.55. The van der Waals surface area contributed by atoms with Crippen molar-refractivity contribution in [1.29, 1.82) is 0 Å². The van der Waals surface area contributed by atoms with Crippen molar-refractivity contribution in [3.05, 3.63) is 0 Å². The average molecular weight is 351 g/mol. The van der Waals surface area contributed by atoms with Gasteiger partial charge in [0, 0.05) is 27.6 Å². The summed E-state index contributed by atoms with van der Waals surface area (Å²) in [4.78, 5) is 15.5. The number of carbonyl (C=O) groups is 1. The van der Waals surface area contributed by atoms with Gasteiger partial charge in [-0.1, -0.05) is 11.8 Å². The van der Waals surface area contributed by atoms with Gasteiger partial charge in [-0.15, -0.1) is 0 Å². The molecule has 0 amide bonds. The van der Waals surface area contributed by atoms with E-state index in [0.29, 0.717) is 12.6 Å². The first kappa shape index (κ1) is 17.9. The van der Waals surface area contributed by atoms with Crippen LogP contribution in [-0.4, -0.2) is 55.6 Å². The lowest BCUT2D eigenvalue weighted by molar-refractivity contribution is -0.147. The second-order valence-corrected chi connectivity index (χ2v) is 8.74. The van der Waals surface area contributed by atoms with Gasteiger partial charge in [0.1, 0.15) is 12.0 Å². The quantitative estimate of drug-likeness (QED) is 0.514. The van der Waals surface area contributed by atoms with Gasteiger partial charge in [-0.05, 0) is 12.8 Å². The van der Waals surface area contributed by atoms with Crippen molar-refractivity contribution in [1.82, 2.24) is 0 Å². The molecule has 7 nitrogen and oxygen atoms in total. The van der Waals surface area contributed by atoms with E-state index in [9.17, 15) is 9.36 Å². The first-order valence-corrected chi connectivity index (χ1v) is 9.79.